The van der Waals surface area contributed by atoms with E-state index in [1.54, 1.807) is 0 Å². The van der Waals surface area contributed by atoms with Crippen molar-refractivity contribution in [2.75, 3.05) is 22.9 Å². The molecular weight excluding hydrogens is 968 g/mol. The molecule has 1 aromatic heterocycles. The van der Waals surface area contributed by atoms with E-state index in [1.165, 1.54) is 66.7 Å². The predicted octanol–water partition coefficient (Wildman–Crippen LogP) is 12.6. The van der Waals surface area contributed by atoms with Crippen LogP contribution in [0.2, 0.25) is 0 Å². The predicted molar refractivity (Wildman–Crippen MR) is 336 cm³/mol. The minimum atomic E-state index is 0.121. The number of anilines is 4. The Morgan fingerprint density at radius 1 is 0.250 bits per heavy atom. The van der Waals surface area contributed by atoms with E-state index < -0.39 is 0 Å². The molecule has 12 aromatic rings. The van der Waals surface area contributed by atoms with Crippen molar-refractivity contribution >= 4 is 69.0 Å². The highest BCUT2D eigenvalue weighted by Gasteiger charge is 2.36. The zero-order valence-electron chi connectivity index (χ0n) is 44.4. The average Bonchev–Trinajstić information content (AvgIpc) is 3.72. The van der Waals surface area contributed by atoms with Crippen molar-refractivity contribution in [2.45, 2.75) is 12.8 Å². The van der Waals surface area contributed by atoms with Gasteiger partial charge in [0.05, 0.1) is 0 Å². The van der Waals surface area contributed by atoms with E-state index in [9.17, 15) is 0 Å². The minimum absolute atomic E-state index is 0.121. The third-order valence-corrected chi connectivity index (χ3v) is 16.3. The monoisotopic (exact) mass is 1020 g/mol. The summed E-state index contributed by atoms with van der Waals surface area (Å²) in [4.78, 5) is 21.7. The summed E-state index contributed by atoms with van der Waals surface area (Å²) in [7, 11) is 0. The molecule has 3 heterocycles. The maximum Gasteiger partial charge on any atom is 0.246 e. The van der Waals surface area contributed by atoms with Crippen LogP contribution in [0.4, 0.5) is 22.7 Å². The van der Waals surface area contributed by atoms with Gasteiger partial charge in [-0.2, -0.15) is 0 Å². The lowest BCUT2D eigenvalue weighted by Crippen LogP contribution is -2.58. The van der Waals surface area contributed by atoms with Gasteiger partial charge in [0, 0.05) is 52.5 Å². The smallest absolute Gasteiger partial charge is 0.246 e. The fourth-order valence-corrected chi connectivity index (χ4v) is 12.7. The number of benzene rings is 11. The number of aromatic nitrogens is 3. The number of para-hydroxylation sites is 4. The van der Waals surface area contributed by atoms with Crippen LogP contribution in [0.1, 0.15) is 11.1 Å². The van der Waals surface area contributed by atoms with E-state index in [-0.39, 0.29) is 13.4 Å². The molecule has 0 amide bonds. The number of rotatable bonds is 13. The molecular formula is C73H55B2N5. The fourth-order valence-electron chi connectivity index (χ4n) is 12.7. The Kier molecular flexibility index (Phi) is 13.1. The van der Waals surface area contributed by atoms with E-state index in [0.717, 1.165) is 64.9 Å². The van der Waals surface area contributed by atoms with Gasteiger partial charge in [0.1, 0.15) is 0 Å². The summed E-state index contributed by atoms with van der Waals surface area (Å²) in [5, 5.41) is 0. The fraction of sp³-hybridized carbons (Fsp3) is 0.0548. The van der Waals surface area contributed by atoms with E-state index >= 15 is 0 Å². The van der Waals surface area contributed by atoms with Crippen LogP contribution in [-0.2, 0) is 12.8 Å². The lowest BCUT2D eigenvalue weighted by molar-refractivity contribution is 0.913. The van der Waals surface area contributed by atoms with Crippen LogP contribution < -0.4 is 42.6 Å². The van der Waals surface area contributed by atoms with Crippen molar-refractivity contribution in [3.63, 3.8) is 0 Å². The number of hydrogen-bond acceptors (Lipinski definition) is 5. The maximum atomic E-state index is 5.66. The van der Waals surface area contributed by atoms with Gasteiger partial charge in [0.2, 0.25) is 13.4 Å². The highest BCUT2D eigenvalue weighted by atomic mass is 15.1. The minimum Gasteiger partial charge on any atom is -0.342 e. The van der Waals surface area contributed by atoms with E-state index in [4.69, 9.17) is 15.0 Å². The Morgan fingerprint density at radius 2 is 0.537 bits per heavy atom. The molecule has 80 heavy (non-hydrogen) atoms. The van der Waals surface area contributed by atoms with Gasteiger partial charge in [-0.1, -0.05) is 272 Å². The Bertz CT molecular complexity index is 3820. The average molecular weight is 1020 g/mol. The zero-order chi connectivity index (χ0) is 53.2. The first kappa shape index (κ1) is 48.5. The van der Waals surface area contributed by atoms with Crippen LogP contribution in [0, 0.1) is 0 Å². The first-order valence-electron chi connectivity index (χ1n) is 27.9. The van der Waals surface area contributed by atoms with Crippen LogP contribution >= 0.6 is 0 Å². The first-order valence-corrected chi connectivity index (χ1v) is 27.9. The molecule has 0 unspecified atom stereocenters. The Labute approximate surface area is 469 Å². The molecule has 0 saturated heterocycles. The number of hydrogen-bond donors (Lipinski definition) is 0. The summed E-state index contributed by atoms with van der Waals surface area (Å²) in [6.07, 6.45) is 1.44. The quantitative estimate of drug-likeness (QED) is 0.108. The Balaban J connectivity index is 0.909. The van der Waals surface area contributed by atoms with Gasteiger partial charge in [-0.3, -0.25) is 0 Å². The van der Waals surface area contributed by atoms with E-state index in [2.05, 4.69) is 289 Å². The van der Waals surface area contributed by atoms with Crippen molar-refractivity contribution in [3.05, 3.63) is 296 Å². The van der Waals surface area contributed by atoms with Crippen molar-refractivity contribution in [1.82, 2.24) is 15.0 Å². The maximum absolute atomic E-state index is 5.66. The molecule has 0 radical (unpaired) electrons. The van der Waals surface area contributed by atoms with Gasteiger partial charge in [-0.05, 0) is 92.3 Å². The summed E-state index contributed by atoms with van der Waals surface area (Å²) in [5.41, 5.74) is 22.6. The molecule has 0 N–H and O–H groups in total. The normalized spacial score (nSPS) is 12.3. The van der Waals surface area contributed by atoms with E-state index in [1.807, 2.05) is 6.07 Å². The standard InChI is InChI=1S/C73H55B2N5/c1-6-26-52(27-7-1)57-36-24-38-61(59(57)48-50-79-67-44-20-16-40-63(67)74(55-32-12-4-13-33-55)64-41-17-21-45-68(64)79)72-76-71(54-30-10-3-11-31-54)77-73(78-72)62-39-25-37-58(53-28-8-2-9-29-53)60(62)49-51-80-69-46-22-18-42-65(69)75(56-34-14-5-15-35-56)66-43-19-23-47-70(66)80/h1-47H,48-51H2. The lowest BCUT2D eigenvalue weighted by atomic mass is 9.35. The summed E-state index contributed by atoms with van der Waals surface area (Å²) >= 11 is 0. The van der Waals surface area contributed by atoms with Crippen LogP contribution in [0.3, 0.4) is 0 Å². The van der Waals surface area contributed by atoms with Gasteiger partial charge < -0.3 is 9.80 Å². The van der Waals surface area contributed by atoms with Crippen molar-refractivity contribution in [3.8, 4) is 56.4 Å². The van der Waals surface area contributed by atoms with Crippen molar-refractivity contribution < 1.29 is 0 Å². The van der Waals surface area contributed by atoms with Crippen LogP contribution in [0.25, 0.3) is 56.4 Å². The molecule has 5 nitrogen and oxygen atoms in total. The van der Waals surface area contributed by atoms with Gasteiger partial charge in [0.25, 0.3) is 0 Å². The third kappa shape index (κ3) is 9.06. The third-order valence-electron chi connectivity index (χ3n) is 16.3. The molecule has 11 aromatic carbocycles. The van der Waals surface area contributed by atoms with Crippen molar-refractivity contribution in [2.24, 2.45) is 0 Å². The SMILES string of the molecule is c1ccc(B2c3ccccc3N(CCc3c(-c4ccccc4)cccc3-c3nc(-c4ccccc4)nc(-c4cccc(-c5ccccc5)c4CCN4c5ccccc5B(c5ccccc5)c5ccccc54)n3)c3ccccc32)cc1. The van der Waals surface area contributed by atoms with E-state index in [0.29, 0.717) is 17.5 Å². The Hall–Kier alpha value is -9.84. The molecule has 14 rings (SSSR count). The van der Waals surface area contributed by atoms with Gasteiger partial charge in [-0.25, -0.2) is 15.0 Å². The number of fused-ring (bicyclic) bond motifs is 4. The highest BCUT2D eigenvalue weighted by molar-refractivity contribution is 6.98. The topological polar surface area (TPSA) is 45.2 Å². The summed E-state index contributed by atoms with van der Waals surface area (Å²) in [6.45, 7) is 1.70. The molecule has 0 aliphatic carbocycles. The molecule has 7 heteroatoms. The van der Waals surface area contributed by atoms with Crippen LogP contribution in [0.5, 0.6) is 0 Å². The summed E-state index contributed by atoms with van der Waals surface area (Å²) in [5.74, 6) is 1.92. The second-order valence-corrected chi connectivity index (χ2v) is 20.8. The van der Waals surface area contributed by atoms with Gasteiger partial charge >= 0.3 is 0 Å². The lowest BCUT2D eigenvalue weighted by Gasteiger charge is -2.37. The number of nitrogens with zero attached hydrogens (tertiary/aromatic N) is 5. The highest BCUT2D eigenvalue weighted by Crippen LogP contribution is 2.39. The molecule has 0 atom stereocenters. The molecule has 0 saturated carbocycles. The summed E-state index contributed by atoms with van der Waals surface area (Å²) < 4.78 is 0. The second kappa shape index (κ2) is 21.5. The molecule has 0 fully saturated rings. The molecule has 2 aliphatic rings. The molecule has 2 aliphatic heterocycles. The zero-order valence-corrected chi connectivity index (χ0v) is 44.4. The van der Waals surface area contributed by atoms with Crippen LogP contribution in [-0.4, -0.2) is 41.5 Å². The largest absolute Gasteiger partial charge is 0.342 e. The molecule has 0 spiro atoms. The van der Waals surface area contributed by atoms with Gasteiger partial charge in [-0.15, -0.1) is 0 Å². The van der Waals surface area contributed by atoms with Crippen molar-refractivity contribution in [1.29, 1.82) is 0 Å². The Morgan fingerprint density at radius 3 is 0.900 bits per heavy atom. The molecule has 0 bridgehead atoms. The second-order valence-electron chi connectivity index (χ2n) is 20.8. The van der Waals surface area contributed by atoms with Gasteiger partial charge in [0.15, 0.2) is 17.5 Å². The molecule has 378 valence electrons. The summed E-state index contributed by atoms with van der Waals surface area (Å²) in [6, 6.07) is 103. The van der Waals surface area contributed by atoms with Crippen LogP contribution in [0.15, 0.2) is 285 Å². The first-order chi connectivity index (χ1) is 39.7.